The van der Waals surface area contributed by atoms with Gasteiger partial charge >= 0.3 is 0 Å². The minimum atomic E-state index is -0.516. The van der Waals surface area contributed by atoms with Crippen molar-refractivity contribution in [2.45, 2.75) is 19.4 Å². The SMILES string of the molecule is COc1ccc(Cl)cc1CC(O)c1sccc1C. The van der Waals surface area contributed by atoms with E-state index in [4.69, 9.17) is 16.3 Å². The molecular weight excluding hydrogens is 268 g/mol. The minimum Gasteiger partial charge on any atom is -0.496 e. The van der Waals surface area contributed by atoms with Crippen molar-refractivity contribution in [3.05, 3.63) is 50.7 Å². The number of ether oxygens (including phenoxy) is 1. The van der Waals surface area contributed by atoms with E-state index in [9.17, 15) is 5.11 Å². The van der Waals surface area contributed by atoms with Gasteiger partial charge in [-0.25, -0.2) is 0 Å². The van der Waals surface area contributed by atoms with Gasteiger partial charge in [0.05, 0.1) is 13.2 Å². The number of benzene rings is 1. The van der Waals surface area contributed by atoms with Gasteiger partial charge in [0, 0.05) is 16.3 Å². The maximum atomic E-state index is 10.3. The molecule has 96 valence electrons. The summed E-state index contributed by atoms with van der Waals surface area (Å²) in [4.78, 5) is 0.997. The highest BCUT2D eigenvalue weighted by molar-refractivity contribution is 7.10. The highest BCUT2D eigenvalue weighted by atomic mass is 35.5. The van der Waals surface area contributed by atoms with Crippen molar-refractivity contribution in [3.8, 4) is 5.75 Å². The van der Waals surface area contributed by atoms with Gasteiger partial charge in [0.25, 0.3) is 0 Å². The van der Waals surface area contributed by atoms with Crippen molar-refractivity contribution in [2.75, 3.05) is 7.11 Å². The Hall–Kier alpha value is -1.03. The Kier molecular flexibility index (Phi) is 4.27. The number of aliphatic hydroxyl groups is 1. The topological polar surface area (TPSA) is 29.5 Å². The monoisotopic (exact) mass is 282 g/mol. The van der Waals surface area contributed by atoms with Crippen LogP contribution in [-0.2, 0) is 6.42 Å². The zero-order valence-corrected chi connectivity index (χ0v) is 11.9. The fourth-order valence-corrected chi connectivity index (χ4v) is 3.04. The highest BCUT2D eigenvalue weighted by Gasteiger charge is 2.15. The summed E-state index contributed by atoms with van der Waals surface area (Å²) in [5.74, 6) is 0.757. The van der Waals surface area contributed by atoms with Gasteiger partial charge in [-0.2, -0.15) is 0 Å². The maximum Gasteiger partial charge on any atom is 0.122 e. The molecule has 0 fully saturated rings. The number of thiophene rings is 1. The number of halogens is 1. The first-order valence-electron chi connectivity index (χ1n) is 5.66. The molecule has 2 nitrogen and oxygen atoms in total. The van der Waals surface area contributed by atoms with Crippen molar-refractivity contribution in [1.82, 2.24) is 0 Å². The highest BCUT2D eigenvalue weighted by Crippen LogP contribution is 2.31. The molecule has 1 unspecified atom stereocenters. The van der Waals surface area contributed by atoms with Gasteiger partial charge in [-0.3, -0.25) is 0 Å². The van der Waals surface area contributed by atoms with E-state index < -0.39 is 6.10 Å². The first-order chi connectivity index (χ1) is 8.61. The molecule has 1 aromatic heterocycles. The average molecular weight is 283 g/mol. The van der Waals surface area contributed by atoms with Crippen molar-refractivity contribution in [3.63, 3.8) is 0 Å². The van der Waals surface area contributed by atoms with Crippen LogP contribution in [0.3, 0.4) is 0 Å². The molecule has 0 saturated heterocycles. The zero-order valence-electron chi connectivity index (χ0n) is 10.3. The van der Waals surface area contributed by atoms with Crippen LogP contribution in [0.25, 0.3) is 0 Å². The normalized spacial score (nSPS) is 12.4. The molecule has 4 heteroatoms. The lowest BCUT2D eigenvalue weighted by molar-refractivity contribution is 0.180. The van der Waals surface area contributed by atoms with Gasteiger partial charge in [-0.05, 0) is 47.7 Å². The van der Waals surface area contributed by atoms with Gasteiger partial charge in [0.2, 0.25) is 0 Å². The number of aliphatic hydroxyl groups excluding tert-OH is 1. The largest absolute Gasteiger partial charge is 0.496 e. The van der Waals surface area contributed by atoms with Crippen LogP contribution in [-0.4, -0.2) is 12.2 Å². The molecule has 1 N–H and O–H groups in total. The Labute approximate surface area is 116 Å². The van der Waals surface area contributed by atoms with Crippen molar-refractivity contribution in [1.29, 1.82) is 0 Å². The van der Waals surface area contributed by atoms with Gasteiger partial charge in [-0.1, -0.05) is 11.6 Å². The third kappa shape index (κ3) is 2.86. The molecule has 1 aromatic carbocycles. The summed E-state index contributed by atoms with van der Waals surface area (Å²) in [5, 5.41) is 12.9. The smallest absolute Gasteiger partial charge is 0.122 e. The summed E-state index contributed by atoms with van der Waals surface area (Å²) in [6.45, 7) is 2.00. The molecule has 0 aliphatic heterocycles. The molecule has 0 bridgehead atoms. The number of hydrogen-bond donors (Lipinski definition) is 1. The molecule has 1 heterocycles. The van der Waals surface area contributed by atoms with Crippen LogP contribution in [0.5, 0.6) is 5.75 Å². The lowest BCUT2D eigenvalue weighted by Crippen LogP contribution is -2.03. The van der Waals surface area contributed by atoms with E-state index in [1.54, 1.807) is 24.5 Å². The second-order valence-corrected chi connectivity index (χ2v) is 5.53. The summed E-state index contributed by atoms with van der Waals surface area (Å²) in [6, 6.07) is 7.46. The third-order valence-electron chi connectivity index (χ3n) is 2.86. The number of hydrogen-bond acceptors (Lipinski definition) is 3. The van der Waals surface area contributed by atoms with Crippen LogP contribution in [0.4, 0.5) is 0 Å². The number of methoxy groups -OCH3 is 1. The molecule has 0 aliphatic rings. The van der Waals surface area contributed by atoms with Gasteiger partial charge < -0.3 is 9.84 Å². The fraction of sp³-hybridized carbons (Fsp3) is 0.286. The van der Waals surface area contributed by atoms with Gasteiger partial charge in [-0.15, -0.1) is 11.3 Å². The van der Waals surface area contributed by atoms with Crippen molar-refractivity contribution in [2.24, 2.45) is 0 Å². The molecule has 0 aliphatic carbocycles. The molecule has 0 spiro atoms. The predicted molar refractivity (Wildman–Crippen MR) is 75.7 cm³/mol. The predicted octanol–water partition coefficient (Wildman–Crippen LogP) is 3.99. The van der Waals surface area contributed by atoms with E-state index in [0.717, 1.165) is 21.8 Å². The second-order valence-electron chi connectivity index (χ2n) is 4.14. The lowest BCUT2D eigenvalue weighted by Gasteiger charge is -2.13. The molecule has 2 rings (SSSR count). The number of aryl methyl sites for hydroxylation is 1. The van der Waals surface area contributed by atoms with Crippen LogP contribution in [0.2, 0.25) is 5.02 Å². The molecule has 18 heavy (non-hydrogen) atoms. The summed E-state index contributed by atoms with van der Waals surface area (Å²) < 4.78 is 5.28. The van der Waals surface area contributed by atoms with Gasteiger partial charge in [0.15, 0.2) is 0 Å². The average Bonchev–Trinajstić information content (AvgIpc) is 2.76. The molecule has 1 atom stereocenters. The molecule has 0 amide bonds. The Bertz CT molecular complexity index is 536. The second kappa shape index (κ2) is 5.74. The fourth-order valence-electron chi connectivity index (χ4n) is 1.93. The standard InChI is InChI=1S/C14H15ClO2S/c1-9-5-6-18-14(9)12(16)8-10-7-11(15)3-4-13(10)17-2/h3-7,12,16H,8H2,1-2H3. The molecular formula is C14H15ClO2S. The molecule has 0 radical (unpaired) electrons. The Morgan fingerprint density at radius 3 is 2.78 bits per heavy atom. The summed E-state index contributed by atoms with van der Waals surface area (Å²) >= 11 is 7.55. The quantitative estimate of drug-likeness (QED) is 0.919. The third-order valence-corrected chi connectivity index (χ3v) is 4.22. The van der Waals surface area contributed by atoms with Gasteiger partial charge in [0.1, 0.15) is 5.75 Å². The van der Waals surface area contributed by atoms with Crippen LogP contribution < -0.4 is 4.74 Å². The van der Waals surface area contributed by atoms with Crippen LogP contribution in [0.1, 0.15) is 22.1 Å². The van der Waals surface area contributed by atoms with Crippen LogP contribution in [0.15, 0.2) is 29.6 Å². The van der Waals surface area contributed by atoms with Crippen molar-refractivity contribution >= 4 is 22.9 Å². The summed E-state index contributed by atoms with van der Waals surface area (Å²) in [6.07, 6.45) is -0.0113. The Balaban J connectivity index is 2.23. The van der Waals surface area contributed by atoms with Crippen LogP contribution >= 0.6 is 22.9 Å². The summed E-state index contributed by atoms with van der Waals surface area (Å²) in [7, 11) is 1.62. The van der Waals surface area contributed by atoms with E-state index >= 15 is 0 Å². The molecule has 2 aromatic rings. The first-order valence-corrected chi connectivity index (χ1v) is 6.92. The van der Waals surface area contributed by atoms with Crippen molar-refractivity contribution < 1.29 is 9.84 Å². The Morgan fingerprint density at radius 2 is 2.17 bits per heavy atom. The zero-order chi connectivity index (χ0) is 13.1. The van der Waals surface area contributed by atoms with E-state index in [0.29, 0.717) is 11.4 Å². The number of rotatable bonds is 4. The molecule has 0 saturated carbocycles. The lowest BCUT2D eigenvalue weighted by atomic mass is 10.0. The first kappa shape index (κ1) is 13.4. The maximum absolute atomic E-state index is 10.3. The van der Waals surface area contributed by atoms with E-state index in [-0.39, 0.29) is 0 Å². The Morgan fingerprint density at radius 1 is 1.39 bits per heavy atom. The summed E-state index contributed by atoms with van der Waals surface area (Å²) in [5.41, 5.74) is 2.04. The van der Waals surface area contributed by atoms with Crippen LogP contribution in [0, 0.1) is 6.92 Å². The minimum absolute atomic E-state index is 0.505. The van der Waals surface area contributed by atoms with E-state index in [1.807, 2.05) is 30.5 Å². The van der Waals surface area contributed by atoms with E-state index in [1.165, 1.54) is 0 Å². The van der Waals surface area contributed by atoms with E-state index in [2.05, 4.69) is 0 Å².